The number of hydrogen-bond donors (Lipinski definition) is 1. The van der Waals surface area contributed by atoms with E-state index in [0.717, 1.165) is 12.1 Å². The summed E-state index contributed by atoms with van der Waals surface area (Å²) in [6.45, 7) is 1.24. The van der Waals surface area contributed by atoms with Crippen molar-refractivity contribution in [2.75, 3.05) is 11.9 Å². The number of alkyl halides is 3. The Bertz CT molecular complexity index is 781. The number of halogens is 3. The van der Waals surface area contributed by atoms with Crippen molar-refractivity contribution in [1.29, 1.82) is 5.26 Å². The molecule has 0 aliphatic rings. The molecule has 0 aliphatic heterocycles. The summed E-state index contributed by atoms with van der Waals surface area (Å²) in [5.41, 5.74) is -0.580. The minimum atomic E-state index is -4.56. The molecule has 1 aromatic carbocycles. The van der Waals surface area contributed by atoms with E-state index < -0.39 is 17.8 Å². The second kappa shape index (κ2) is 7.00. The number of nitrogens with zero attached hydrogens (tertiary/aromatic N) is 2. The number of carbonyl (C=O) groups excluding carboxylic acids is 1. The molecule has 0 saturated carbocycles. The van der Waals surface area contributed by atoms with Crippen LogP contribution in [0.4, 0.5) is 18.9 Å². The monoisotopic (exact) mass is 335 g/mol. The molecule has 1 aromatic heterocycles. The highest BCUT2D eigenvalue weighted by molar-refractivity contribution is 6.05. The number of carbonyl (C=O) groups is 1. The van der Waals surface area contributed by atoms with Gasteiger partial charge in [-0.15, -0.1) is 0 Å². The zero-order chi connectivity index (χ0) is 17.7. The van der Waals surface area contributed by atoms with Gasteiger partial charge in [0.05, 0.1) is 11.3 Å². The van der Waals surface area contributed by atoms with Crippen molar-refractivity contribution >= 4 is 11.6 Å². The molecular formula is C16H12F3N3O2. The highest BCUT2D eigenvalue weighted by atomic mass is 19.4. The van der Waals surface area contributed by atoms with Gasteiger partial charge in [-0.1, -0.05) is 0 Å². The van der Waals surface area contributed by atoms with Crippen LogP contribution >= 0.6 is 0 Å². The van der Waals surface area contributed by atoms with Crippen LogP contribution in [0.1, 0.15) is 21.7 Å². The summed E-state index contributed by atoms with van der Waals surface area (Å²) in [4.78, 5) is 15.6. The molecule has 0 aliphatic carbocycles. The van der Waals surface area contributed by atoms with Crippen molar-refractivity contribution in [3.8, 4) is 11.8 Å². The van der Waals surface area contributed by atoms with Gasteiger partial charge in [-0.3, -0.25) is 4.79 Å². The molecule has 0 saturated heterocycles. The maximum atomic E-state index is 12.6. The first-order valence-corrected chi connectivity index (χ1v) is 6.77. The van der Waals surface area contributed by atoms with E-state index in [1.165, 1.54) is 6.92 Å². The molecule has 2 aromatic rings. The van der Waals surface area contributed by atoms with Gasteiger partial charge >= 0.3 is 6.18 Å². The Morgan fingerprint density at radius 3 is 2.46 bits per heavy atom. The quantitative estimate of drug-likeness (QED) is 0.927. The summed E-state index contributed by atoms with van der Waals surface area (Å²) in [6.07, 6.45) is -4.56. The SMILES string of the molecule is Cc1nc(C(F)(F)F)ccc1C(=O)Nc1ccc(OCC#N)cc1. The molecule has 1 heterocycles. The zero-order valence-electron chi connectivity index (χ0n) is 12.5. The maximum Gasteiger partial charge on any atom is 0.433 e. The molecule has 1 amide bonds. The van der Waals surface area contributed by atoms with Gasteiger partial charge in [0.15, 0.2) is 6.61 Å². The van der Waals surface area contributed by atoms with Gasteiger partial charge in [-0.25, -0.2) is 4.98 Å². The lowest BCUT2D eigenvalue weighted by Crippen LogP contribution is -2.16. The second-order valence-electron chi connectivity index (χ2n) is 4.75. The van der Waals surface area contributed by atoms with Gasteiger partial charge in [0.1, 0.15) is 17.5 Å². The van der Waals surface area contributed by atoms with Crippen molar-refractivity contribution in [2.24, 2.45) is 0 Å². The number of amides is 1. The third-order valence-corrected chi connectivity index (χ3v) is 3.04. The van der Waals surface area contributed by atoms with Gasteiger partial charge in [0.2, 0.25) is 0 Å². The van der Waals surface area contributed by atoms with Crippen molar-refractivity contribution < 1.29 is 22.7 Å². The topological polar surface area (TPSA) is 75.0 Å². The standard InChI is InChI=1S/C16H12F3N3O2/c1-10-13(6-7-14(21-10)16(17,18)19)15(23)22-11-2-4-12(5-3-11)24-9-8-20/h2-7H,9H2,1H3,(H,22,23). The number of anilines is 1. The number of benzene rings is 1. The van der Waals surface area contributed by atoms with Crippen LogP contribution in [-0.4, -0.2) is 17.5 Å². The number of aryl methyl sites for hydroxylation is 1. The van der Waals surface area contributed by atoms with E-state index in [1.807, 2.05) is 6.07 Å². The van der Waals surface area contributed by atoms with E-state index in [9.17, 15) is 18.0 Å². The molecule has 5 nitrogen and oxygen atoms in total. The molecule has 0 fully saturated rings. The Morgan fingerprint density at radius 2 is 1.92 bits per heavy atom. The van der Waals surface area contributed by atoms with Crippen LogP contribution in [0.15, 0.2) is 36.4 Å². The fourth-order valence-electron chi connectivity index (χ4n) is 1.91. The van der Waals surface area contributed by atoms with E-state index >= 15 is 0 Å². The van der Waals surface area contributed by atoms with Gasteiger partial charge < -0.3 is 10.1 Å². The number of rotatable bonds is 4. The van der Waals surface area contributed by atoms with E-state index in [0.29, 0.717) is 11.4 Å². The molecular weight excluding hydrogens is 323 g/mol. The number of ether oxygens (including phenoxy) is 1. The first-order valence-electron chi connectivity index (χ1n) is 6.77. The van der Waals surface area contributed by atoms with E-state index in [2.05, 4.69) is 10.3 Å². The van der Waals surface area contributed by atoms with E-state index in [1.54, 1.807) is 24.3 Å². The molecule has 0 unspecified atom stereocenters. The highest BCUT2D eigenvalue weighted by Crippen LogP contribution is 2.28. The highest BCUT2D eigenvalue weighted by Gasteiger charge is 2.33. The zero-order valence-corrected chi connectivity index (χ0v) is 12.5. The summed E-state index contributed by atoms with van der Waals surface area (Å²) < 4.78 is 42.8. The third-order valence-electron chi connectivity index (χ3n) is 3.04. The molecule has 0 radical (unpaired) electrons. The molecule has 24 heavy (non-hydrogen) atoms. The first-order chi connectivity index (χ1) is 11.3. The predicted octanol–water partition coefficient (Wildman–Crippen LogP) is 3.56. The van der Waals surface area contributed by atoms with E-state index in [-0.39, 0.29) is 17.9 Å². The largest absolute Gasteiger partial charge is 0.479 e. The van der Waals surface area contributed by atoms with Gasteiger partial charge in [0, 0.05) is 5.69 Å². The first kappa shape index (κ1) is 17.3. The van der Waals surface area contributed by atoms with Crippen LogP contribution in [-0.2, 0) is 6.18 Å². The van der Waals surface area contributed by atoms with Crippen molar-refractivity contribution in [2.45, 2.75) is 13.1 Å². The van der Waals surface area contributed by atoms with Crippen LogP contribution in [0, 0.1) is 18.3 Å². The molecule has 8 heteroatoms. The van der Waals surface area contributed by atoms with Crippen LogP contribution in [0.25, 0.3) is 0 Å². The maximum absolute atomic E-state index is 12.6. The minimum Gasteiger partial charge on any atom is -0.479 e. The number of pyridine rings is 1. The Kier molecular flexibility index (Phi) is 5.04. The Morgan fingerprint density at radius 1 is 1.25 bits per heavy atom. The summed E-state index contributed by atoms with van der Waals surface area (Å²) >= 11 is 0. The number of hydrogen-bond acceptors (Lipinski definition) is 4. The second-order valence-corrected chi connectivity index (χ2v) is 4.75. The minimum absolute atomic E-state index is 0.0173. The Hall–Kier alpha value is -3.08. The van der Waals surface area contributed by atoms with Gasteiger partial charge in [0.25, 0.3) is 5.91 Å². The number of nitriles is 1. The summed E-state index contributed by atoms with van der Waals surface area (Å²) in [5.74, 6) is -0.110. The smallest absolute Gasteiger partial charge is 0.433 e. The fourth-order valence-corrected chi connectivity index (χ4v) is 1.91. The lowest BCUT2D eigenvalue weighted by molar-refractivity contribution is -0.141. The fraction of sp³-hybridized carbons (Fsp3) is 0.188. The van der Waals surface area contributed by atoms with Crippen LogP contribution in [0.2, 0.25) is 0 Å². The molecule has 2 rings (SSSR count). The van der Waals surface area contributed by atoms with Crippen molar-refractivity contribution in [1.82, 2.24) is 4.98 Å². The lowest BCUT2D eigenvalue weighted by atomic mass is 10.1. The number of aromatic nitrogens is 1. The van der Waals surface area contributed by atoms with Gasteiger partial charge in [-0.2, -0.15) is 18.4 Å². The van der Waals surface area contributed by atoms with Crippen LogP contribution in [0.3, 0.4) is 0 Å². The average Bonchev–Trinajstić information content (AvgIpc) is 2.53. The molecule has 0 atom stereocenters. The molecule has 0 spiro atoms. The summed E-state index contributed by atoms with van der Waals surface area (Å²) in [5, 5.41) is 11.0. The van der Waals surface area contributed by atoms with Crippen LogP contribution < -0.4 is 10.1 Å². The summed E-state index contributed by atoms with van der Waals surface area (Å²) in [7, 11) is 0. The van der Waals surface area contributed by atoms with Crippen molar-refractivity contribution in [3.63, 3.8) is 0 Å². The van der Waals surface area contributed by atoms with Gasteiger partial charge in [-0.05, 0) is 43.3 Å². The third kappa shape index (κ3) is 4.23. The van der Waals surface area contributed by atoms with Crippen molar-refractivity contribution in [3.05, 3.63) is 53.3 Å². The molecule has 1 N–H and O–H groups in total. The molecule has 124 valence electrons. The summed E-state index contributed by atoms with van der Waals surface area (Å²) in [6, 6.07) is 9.91. The predicted molar refractivity (Wildman–Crippen MR) is 79.5 cm³/mol. The normalized spacial score (nSPS) is 10.8. The number of nitrogens with one attached hydrogen (secondary N) is 1. The van der Waals surface area contributed by atoms with E-state index in [4.69, 9.17) is 10.00 Å². The molecule has 0 bridgehead atoms. The lowest BCUT2D eigenvalue weighted by Gasteiger charge is -2.11. The Balaban J connectivity index is 2.11. The average molecular weight is 335 g/mol. The Labute approximate surface area is 135 Å². The van der Waals surface area contributed by atoms with Crippen LogP contribution in [0.5, 0.6) is 5.75 Å².